The molecule has 4 nitrogen and oxygen atoms in total. The molecule has 2 rings (SSSR count). The number of likely N-dealkylation sites (N-methyl/N-ethyl adjacent to an activating group) is 1. The van der Waals surface area contributed by atoms with E-state index in [4.69, 9.17) is 17.0 Å². The molecule has 0 unspecified atom stereocenters. The molecule has 0 bridgehead atoms. The van der Waals surface area contributed by atoms with Gasteiger partial charge >= 0.3 is 0 Å². The van der Waals surface area contributed by atoms with Crippen molar-refractivity contribution in [2.45, 2.75) is 25.8 Å². The number of para-hydroxylation sites is 1. The van der Waals surface area contributed by atoms with Crippen molar-refractivity contribution in [2.24, 2.45) is 0 Å². The minimum atomic E-state index is 0.231. The summed E-state index contributed by atoms with van der Waals surface area (Å²) in [6.45, 7) is 5.10. The van der Waals surface area contributed by atoms with Crippen LogP contribution in [0.2, 0.25) is 0 Å². The van der Waals surface area contributed by atoms with Crippen molar-refractivity contribution in [2.75, 3.05) is 33.1 Å². The highest BCUT2D eigenvalue weighted by Crippen LogP contribution is 2.22. The molecule has 2 aromatic carbocycles. The molecule has 3 N–H and O–H groups in total. The lowest BCUT2D eigenvalue weighted by atomic mass is 10.0. The van der Waals surface area contributed by atoms with Gasteiger partial charge in [0.15, 0.2) is 5.11 Å². The lowest BCUT2D eigenvalue weighted by Gasteiger charge is -2.24. The minimum absolute atomic E-state index is 0.231. The van der Waals surface area contributed by atoms with Gasteiger partial charge in [-0.2, -0.15) is 0 Å². The van der Waals surface area contributed by atoms with Gasteiger partial charge in [-0.25, -0.2) is 0 Å². The number of methoxy groups -OCH3 is 1. The molecule has 0 spiro atoms. The number of quaternary nitrogens is 1. The molecular formula is C21H30N3OS+. The van der Waals surface area contributed by atoms with E-state index in [1.807, 2.05) is 18.2 Å². The van der Waals surface area contributed by atoms with Crippen LogP contribution < -0.4 is 20.3 Å². The van der Waals surface area contributed by atoms with E-state index in [1.165, 1.54) is 16.0 Å². The van der Waals surface area contributed by atoms with Crippen LogP contribution in [0.5, 0.6) is 5.75 Å². The highest BCUT2D eigenvalue weighted by Gasteiger charge is 2.21. The summed E-state index contributed by atoms with van der Waals surface area (Å²) >= 11 is 5.47. The molecule has 5 heteroatoms. The average molecular weight is 373 g/mol. The molecular weight excluding hydrogens is 342 g/mol. The van der Waals surface area contributed by atoms with Crippen molar-refractivity contribution in [1.29, 1.82) is 0 Å². The van der Waals surface area contributed by atoms with Gasteiger partial charge in [0, 0.05) is 5.69 Å². The maximum absolute atomic E-state index is 5.52. The van der Waals surface area contributed by atoms with Crippen LogP contribution in [0, 0.1) is 0 Å². The second-order valence-corrected chi connectivity index (χ2v) is 7.39. The second kappa shape index (κ2) is 9.55. The van der Waals surface area contributed by atoms with Gasteiger partial charge in [0.25, 0.3) is 0 Å². The topological polar surface area (TPSA) is 37.7 Å². The molecule has 0 aromatic heterocycles. The fourth-order valence-electron chi connectivity index (χ4n) is 2.90. The SMILES string of the molecule is COc1ccccc1[C@H](CNC(=S)Nc1ccc(C(C)C)cc1)[NH+](C)C. The molecule has 0 heterocycles. The lowest BCUT2D eigenvalue weighted by Crippen LogP contribution is -3.07. The summed E-state index contributed by atoms with van der Waals surface area (Å²) in [5.74, 6) is 1.43. The first-order chi connectivity index (χ1) is 12.4. The zero-order valence-corrected chi connectivity index (χ0v) is 17.1. The van der Waals surface area contributed by atoms with Crippen molar-refractivity contribution in [3.05, 3.63) is 59.7 Å². The van der Waals surface area contributed by atoms with Gasteiger partial charge in [-0.05, 0) is 48.0 Å². The zero-order chi connectivity index (χ0) is 19.1. The van der Waals surface area contributed by atoms with Gasteiger partial charge in [0.1, 0.15) is 11.8 Å². The summed E-state index contributed by atoms with van der Waals surface area (Å²) in [5.41, 5.74) is 3.49. The van der Waals surface area contributed by atoms with E-state index >= 15 is 0 Å². The predicted octanol–water partition coefficient (Wildman–Crippen LogP) is 2.99. The Bertz CT molecular complexity index is 713. The Balaban J connectivity index is 1.99. The van der Waals surface area contributed by atoms with Crippen molar-refractivity contribution in [3.8, 4) is 5.75 Å². The molecule has 0 fully saturated rings. The molecule has 0 aliphatic rings. The third-order valence-electron chi connectivity index (χ3n) is 4.51. The normalized spacial score (nSPS) is 12.1. The van der Waals surface area contributed by atoms with E-state index in [2.05, 4.69) is 68.9 Å². The average Bonchev–Trinajstić information content (AvgIpc) is 2.62. The molecule has 140 valence electrons. The summed E-state index contributed by atoms with van der Waals surface area (Å²) in [5, 5.41) is 7.23. The lowest BCUT2D eigenvalue weighted by molar-refractivity contribution is -0.890. The Morgan fingerprint density at radius 2 is 1.73 bits per heavy atom. The van der Waals surface area contributed by atoms with Crippen LogP contribution in [0.1, 0.15) is 36.9 Å². The summed E-state index contributed by atoms with van der Waals surface area (Å²) in [7, 11) is 5.99. The van der Waals surface area contributed by atoms with Gasteiger partial charge in [-0.15, -0.1) is 0 Å². The predicted molar refractivity (Wildman–Crippen MR) is 113 cm³/mol. The summed E-state index contributed by atoms with van der Waals surface area (Å²) < 4.78 is 5.52. The number of hydrogen-bond donors (Lipinski definition) is 3. The van der Waals surface area contributed by atoms with Crippen molar-refractivity contribution < 1.29 is 9.64 Å². The molecule has 0 amide bonds. The smallest absolute Gasteiger partial charge is 0.171 e. The van der Waals surface area contributed by atoms with Gasteiger partial charge in [-0.3, -0.25) is 0 Å². The van der Waals surface area contributed by atoms with Crippen LogP contribution in [0.15, 0.2) is 48.5 Å². The van der Waals surface area contributed by atoms with Gasteiger partial charge in [0.05, 0.1) is 33.3 Å². The molecule has 0 saturated heterocycles. The third kappa shape index (κ3) is 5.44. The van der Waals surface area contributed by atoms with Gasteiger partial charge < -0.3 is 20.3 Å². The number of rotatable bonds is 7. The van der Waals surface area contributed by atoms with Crippen LogP contribution >= 0.6 is 12.2 Å². The van der Waals surface area contributed by atoms with Crippen LogP contribution in [-0.4, -0.2) is 32.9 Å². The first kappa shape index (κ1) is 20.2. The van der Waals surface area contributed by atoms with E-state index < -0.39 is 0 Å². The van der Waals surface area contributed by atoms with Crippen LogP contribution in [-0.2, 0) is 0 Å². The highest BCUT2D eigenvalue weighted by atomic mass is 32.1. The number of ether oxygens (including phenoxy) is 1. The summed E-state index contributed by atoms with van der Waals surface area (Å²) in [6, 6.07) is 16.8. The van der Waals surface area contributed by atoms with Crippen molar-refractivity contribution >= 4 is 23.0 Å². The number of anilines is 1. The van der Waals surface area contributed by atoms with E-state index in [1.54, 1.807) is 7.11 Å². The van der Waals surface area contributed by atoms with Crippen LogP contribution in [0.25, 0.3) is 0 Å². The van der Waals surface area contributed by atoms with E-state index in [-0.39, 0.29) is 6.04 Å². The first-order valence-electron chi connectivity index (χ1n) is 9.00. The van der Waals surface area contributed by atoms with E-state index in [0.29, 0.717) is 11.0 Å². The largest absolute Gasteiger partial charge is 0.496 e. The maximum atomic E-state index is 5.52. The Labute approximate surface area is 162 Å². The van der Waals surface area contributed by atoms with E-state index in [9.17, 15) is 0 Å². The molecule has 1 atom stereocenters. The highest BCUT2D eigenvalue weighted by molar-refractivity contribution is 7.80. The van der Waals surface area contributed by atoms with Gasteiger partial charge in [0.2, 0.25) is 0 Å². The third-order valence-corrected chi connectivity index (χ3v) is 4.76. The standard InChI is InChI=1S/C21H29N3OS/c1-15(2)16-10-12-17(13-11-16)23-21(26)22-14-19(24(3)4)18-8-6-7-9-20(18)25-5/h6-13,15,19H,14H2,1-5H3,(H2,22,23,26)/p+1/t19-/m0/s1. The summed E-state index contributed by atoms with van der Waals surface area (Å²) in [4.78, 5) is 1.31. The Morgan fingerprint density at radius 3 is 2.31 bits per heavy atom. The van der Waals surface area contributed by atoms with Gasteiger partial charge in [-0.1, -0.05) is 38.1 Å². The Hall–Kier alpha value is -2.11. The van der Waals surface area contributed by atoms with Crippen molar-refractivity contribution in [1.82, 2.24) is 5.32 Å². The number of nitrogens with one attached hydrogen (secondary N) is 3. The fourth-order valence-corrected chi connectivity index (χ4v) is 3.10. The first-order valence-corrected chi connectivity index (χ1v) is 9.41. The maximum Gasteiger partial charge on any atom is 0.171 e. The molecule has 0 radical (unpaired) electrons. The van der Waals surface area contributed by atoms with E-state index in [0.717, 1.165) is 18.0 Å². The Morgan fingerprint density at radius 1 is 1.08 bits per heavy atom. The molecule has 0 aliphatic carbocycles. The van der Waals surface area contributed by atoms with Crippen molar-refractivity contribution in [3.63, 3.8) is 0 Å². The quantitative estimate of drug-likeness (QED) is 0.653. The fraction of sp³-hybridized carbons (Fsp3) is 0.381. The molecule has 26 heavy (non-hydrogen) atoms. The molecule has 2 aromatic rings. The molecule has 0 saturated carbocycles. The van der Waals surface area contributed by atoms with Crippen LogP contribution in [0.3, 0.4) is 0 Å². The zero-order valence-electron chi connectivity index (χ0n) is 16.3. The number of hydrogen-bond acceptors (Lipinski definition) is 2. The minimum Gasteiger partial charge on any atom is -0.496 e. The summed E-state index contributed by atoms with van der Waals surface area (Å²) in [6.07, 6.45) is 0. The number of thiocarbonyl (C=S) groups is 1. The second-order valence-electron chi connectivity index (χ2n) is 6.98. The number of benzene rings is 2. The van der Waals surface area contributed by atoms with Crippen LogP contribution in [0.4, 0.5) is 5.69 Å². The Kier molecular flexibility index (Phi) is 7.42. The molecule has 0 aliphatic heterocycles. The monoisotopic (exact) mass is 372 g/mol.